The lowest BCUT2D eigenvalue weighted by Gasteiger charge is -2.26. The van der Waals surface area contributed by atoms with Gasteiger partial charge in [0.05, 0.1) is 0 Å². The molecular formula is C10H15NOS. The van der Waals surface area contributed by atoms with Crippen molar-refractivity contribution in [3.8, 4) is 0 Å². The SMILES string of the molecule is NC1(c2ccsc2)CCCOCC1. The van der Waals surface area contributed by atoms with Gasteiger partial charge in [0.1, 0.15) is 0 Å². The van der Waals surface area contributed by atoms with Gasteiger partial charge in [0.15, 0.2) is 0 Å². The monoisotopic (exact) mass is 197 g/mol. The molecule has 0 bridgehead atoms. The van der Waals surface area contributed by atoms with Crippen molar-refractivity contribution in [2.75, 3.05) is 13.2 Å². The number of nitrogens with two attached hydrogens (primary N) is 1. The van der Waals surface area contributed by atoms with Crippen molar-refractivity contribution in [2.24, 2.45) is 5.73 Å². The summed E-state index contributed by atoms with van der Waals surface area (Å²) in [6, 6.07) is 2.13. The van der Waals surface area contributed by atoms with Crippen molar-refractivity contribution < 1.29 is 4.74 Å². The van der Waals surface area contributed by atoms with Crippen LogP contribution in [0.2, 0.25) is 0 Å². The molecule has 1 unspecified atom stereocenters. The molecule has 1 saturated heterocycles. The van der Waals surface area contributed by atoms with Crippen LogP contribution in [0.1, 0.15) is 24.8 Å². The van der Waals surface area contributed by atoms with Gasteiger partial charge in [-0.1, -0.05) is 0 Å². The molecule has 1 aromatic rings. The summed E-state index contributed by atoms with van der Waals surface area (Å²) in [6.45, 7) is 1.66. The molecule has 1 aromatic heterocycles. The Morgan fingerprint density at radius 1 is 1.38 bits per heavy atom. The zero-order valence-electron chi connectivity index (χ0n) is 7.66. The van der Waals surface area contributed by atoms with E-state index < -0.39 is 0 Å². The van der Waals surface area contributed by atoms with Crippen LogP contribution in [-0.2, 0) is 10.3 Å². The summed E-state index contributed by atoms with van der Waals surface area (Å²) in [6.07, 6.45) is 3.07. The van der Waals surface area contributed by atoms with Crippen molar-refractivity contribution >= 4 is 11.3 Å². The molecule has 13 heavy (non-hydrogen) atoms. The van der Waals surface area contributed by atoms with Crippen LogP contribution in [0, 0.1) is 0 Å². The van der Waals surface area contributed by atoms with Gasteiger partial charge in [-0.3, -0.25) is 0 Å². The maximum atomic E-state index is 6.35. The quantitative estimate of drug-likeness (QED) is 0.748. The van der Waals surface area contributed by atoms with E-state index in [9.17, 15) is 0 Å². The van der Waals surface area contributed by atoms with E-state index in [1.807, 2.05) is 0 Å². The first-order valence-electron chi connectivity index (χ1n) is 4.71. The molecule has 1 aliphatic rings. The first-order valence-corrected chi connectivity index (χ1v) is 5.65. The summed E-state index contributed by atoms with van der Waals surface area (Å²) in [5, 5.41) is 4.25. The average Bonchev–Trinajstić information content (AvgIpc) is 2.57. The average molecular weight is 197 g/mol. The maximum absolute atomic E-state index is 6.35. The normalized spacial score (nSPS) is 29.9. The van der Waals surface area contributed by atoms with Crippen LogP contribution in [-0.4, -0.2) is 13.2 Å². The fourth-order valence-electron chi connectivity index (χ4n) is 1.81. The predicted octanol–water partition coefficient (Wildman–Crippen LogP) is 2.10. The molecule has 72 valence electrons. The van der Waals surface area contributed by atoms with Gasteiger partial charge >= 0.3 is 0 Å². The van der Waals surface area contributed by atoms with E-state index in [4.69, 9.17) is 10.5 Å². The van der Waals surface area contributed by atoms with Crippen molar-refractivity contribution in [1.82, 2.24) is 0 Å². The van der Waals surface area contributed by atoms with Crippen molar-refractivity contribution in [2.45, 2.75) is 24.8 Å². The molecule has 1 aliphatic heterocycles. The second-order valence-corrected chi connectivity index (χ2v) is 4.41. The molecule has 2 N–H and O–H groups in total. The lowest BCUT2D eigenvalue weighted by molar-refractivity contribution is 0.139. The lowest BCUT2D eigenvalue weighted by Crippen LogP contribution is -2.36. The first-order chi connectivity index (χ1) is 6.31. The number of hydrogen-bond acceptors (Lipinski definition) is 3. The molecule has 2 nitrogen and oxygen atoms in total. The third-order valence-corrected chi connectivity index (χ3v) is 3.38. The third kappa shape index (κ3) is 1.93. The van der Waals surface area contributed by atoms with Gasteiger partial charge in [0.2, 0.25) is 0 Å². The Hall–Kier alpha value is -0.380. The standard InChI is InChI=1S/C10H15NOS/c11-10(9-2-7-13-8-9)3-1-5-12-6-4-10/h2,7-8H,1,3-6,11H2. The highest BCUT2D eigenvalue weighted by Gasteiger charge is 2.28. The molecule has 1 fully saturated rings. The van der Waals surface area contributed by atoms with Crippen molar-refractivity contribution in [3.63, 3.8) is 0 Å². The summed E-state index contributed by atoms with van der Waals surface area (Å²) < 4.78 is 5.41. The zero-order chi connectivity index (χ0) is 9.15. The van der Waals surface area contributed by atoms with E-state index in [-0.39, 0.29) is 5.54 Å². The number of thiophene rings is 1. The highest BCUT2D eigenvalue weighted by molar-refractivity contribution is 7.08. The van der Waals surface area contributed by atoms with Crippen molar-refractivity contribution in [1.29, 1.82) is 0 Å². The van der Waals surface area contributed by atoms with Gasteiger partial charge < -0.3 is 10.5 Å². The molecule has 0 amide bonds. The van der Waals surface area contributed by atoms with Gasteiger partial charge in [0.25, 0.3) is 0 Å². The minimum Gasteiger partial charge on any atom is -0.381 e. The zero-order valence-corrected chi connectivity index (χ0v) is 8.48. The van der Waals surface area contributed by atoms with E-state index in [0.717, 1.165) is 32.5 Å². The van der Waals surface area contributed by atoms with Gasteiger partial charge in [0, 0.05) is 18.8 Å². The van der Waals surface area contributed by atoms with Crippen LogP contribution >= 0.6 is 11.3 Å². The van der Waals surface area contributed by atoms with E-state index in [2.05, 4.69) is 16.8 Å². The molecule has 0 saturated carbocycles. The second kappa shape index (κ2) is 3.78. The maximum Gasteiger partial charge on any atom is 0.0486 e. The summed E-state index contributed by atoms with van der Waals surface area (Å²) in [5.74, 6) is 0. The Bertz CT molecular complexity index is 250. The fourth-order valence-corrected chi connectivity index (χ4v) is 2.57. The molecule has 0 aromatic carbocycles. The first kappa shape index (κ1) is 9.19. The molecule has 0 spiro atoms. The minimum absolute atomic E-state index is 0.128. The minimum atomic E-state index is -0.128. The second-order valence-electron chi connectivity index (χ2n) is 3.63. The van der Waals surface area contributed by atoms with Gasteiger partial charge in [-0.25, -0.2) is 0 Å². The molecule has 0 aliphatic carbocycles. The largest absolute Gasteiger partial charge is 0.381 e. The van der Waals surface area contributed by atoms with Crippen LogP contribution in [0.4, 0.5) is 0 Å². The lowest BCUT2D eigenvalue weighted by atomic mass is 9.86. The predicted molar refractivity (Wildman–Crippen MR) is 54.9 cm³/mol. The van der Waals surface area contributed by atoms with E-state index in [1.54, 1.807) is 11.3 Å². The van der Waals surface area contributed by atoms with E-state index >= 15 is 0 Å². The summed E-state index contributed by atoms with van der Waals surface area (Å²) in [4.78, 5) is 0. The Balaban J connectivity index is 2.17. The Morgan fingerprint density at radius 3 is 3.08 bits per heavy atom. The van der Waals surface area contributed by atoms with Gasteiger partial charge in [-0.15, -0.1) is 0 Å². The highest BCUT2D eigenvalue weighted by atomic mass is 32.1. The summed E-state index contributed by atoms with van der Waals surface area (Å²) in [5.41, 5.74) is 7.50. The topological polar surface area (TPSA) is 35.2 Å². The van der Waals surface area contributed by atoms with Crippen LogP contribution in [0.15, 0.2) is 16.8 Å². The van der Waals surface area contributed by atoms with Crippen LogP contribution < -0.4 is 5.73 Å². The van der Waals surface area contributed by atoms with E-state index in [1.165, 1.54) is 5.56 Å². The molecule has 3 heteroatoms. The van der Waals surface area contributed by atoms with Crippen LogP contribution in [0.25, 0.3) is 0 Å². The highest BCUT2D eigenvalue weighted by Crippen LogP contribution is 2.30. The Morgan fingerprint density at radius 2 is 2.31 bits per heavy atom. The molecule has 2 rings (SSSR count). The fraction of sp³-hybridized carbons (Fsp3) is 0.600. The summed E-state index contributed by atoms with van der Waals surface area (Å²) in [7, 11) is 0. The third-order valence-electron chi connectivity index (χ3n) is 2.70. The Labute approximate surface area is 82.7 Å². The molecule has 1 atom stereocenters. The Kier molecular flexibility index (Phi) is 2.67. The van der Waals surface area contributed by atoms with Crippen molar-refractivity contribution in [3.05, 3.63) is 22.4 Å². The van der Waals surface area contributed by atoms with E-state index in [0.29, 0.717) is 0 Å². The molecule has 0 radical (unpaired) electrons. The van der Waals surface area contributed by atoms with Gasteiger partial charge in [-0.2, -0.15) is 11.3 Å². The van der Waals surface area contributed by atoms with Crippen LogP contribution in [0.3, 0.4) is 0 Å². The smallest absolute Gasteiger partial charge is 0.0486 e. The molecule has 2 heterocycles. The number of ether oxygens (including phenoxy) is 1. The summed E-state index contributed by atoms with van der Waals surface area (Å²) >= 11 is 1.72. The molecular weight excluding hydrogens is 182 g/mol. The number of hydrogen-bond donors (Lipinski definition) is 1. The van der Waals surface area contributed by atoms with Crippen LogP contribution in [0.5, 0.6) is 0 Å². The van der Waals surface area contributed by atoms with Gasteiger partial charge in [-0.05, 0) is 41.7 Å². The number of rotatable bonds is 1.